The first-order chi connectivity index (χ1) is 8.83. The van der Waals surface area contributed by atoms with E-state index in [0.717, 1.165) is 23.6 Å². The summed E-state index contributed by atoms with van der Waals surface area (Å²) in [5, 5.41) is 7.93. The summed E-state index contributed by atoms with van der Waals surface area (Å²) in [4.78, 5) is 0. The molecule has 1 heterocycles. The monoisotopic (exact) mass is 305 g/mol. The van der Waals surface area contributed by atoms with Crippen LogP contribution in [-0.4, -0.2) is 15.8 Å². The molecule has 0 spiro atoms. The van der Waals surface area contributed by atoms with Crippen LogP contribution in [0.4, 0.5) is 0 Å². The van der Waals surface area contributed by atoms with Crippen LogP contribution in [0.3, 0.4) is 0 Å². The molecule has 0 amide bonds. The lowest BCUT2D eigenvalue weighted by atomic mass is 10.2. The van der Waals surface area contributed by atoms with Gasteiger partial charge >= 0.3 is 0 Å². The Kier molecular flexibility index (Phi) is 3.48. The molecular formula is C14H16BrN3. The first-order valence-corrected chi connectivity index (χ1v) is 7.10. The average Bonchev–Trinajstić information content (AvgIpc) is 3.10. The van der Waals surface area contributed by atoms with Gasteiger partial charge in [-0.2, -0.15) is 5.10 Å². The molecule has 1 fully saturated rings. The fraction of sp³-hybridized carbons (Fsp3) is 0.357. The zero-order valence-corrected chi connectivity index (χ0v) is 11.7. The van der Waals surface area contributed by atoms with Crippen LogP contribution >= 0.6 is 15.9 Å². The van der Waals surface area contributed by atoms with Gasteiger partial charge in [-0.1, -0.05) is 34.1 Å². The molecule has 94 valence electrons. The molecule has 1 N–H and O–H groups in total. The van der Waals surface area contributed by atoms with Crippen LogP contribution in [0, 0.1) is 0 Å². The molecule has 1 aliphatic carbocycles. The lowest BCUT2D eigenvalue weighted by Crippen LogP contribution is -2.19. The largest absolute Gasteiger partial charge is 0.308 e. The van der Waals surface area contributed by atoms with Crippen molar-refractivity contribution in [3.8, 4) is 0 Å². The van der Waals surface area contributed by atoms with E-state index in [0.29, 0.717) is 0 Å². The third-order valence-corrected chi connectivity index (χ3v) is 4.01. The second-order valence-electron chi connectivity index (χ2n) is 4.73. The van der Waals surface area contributed by atoms with Crippen molar-refractivity contribution in [1.82, 2.24) is 15.1 Å². The fourth-order valence-corrected chi connectivity index (χ4v) is 2.39. The van der Waals surface area contributed by atoms with Gasteiger partial charge in [-0.05, 0) is 30.5 Å². The number of aromatic nitrogens is 2. The molecule has 1 saturated carbocycles. The zero-order chi connectivity index (χ0) is 12.4. The maximum atomic E-state index is 4.41. The summed E-state index contributed by atoms with van der Waals surface area (Å²) in [6, 6.07) is 11.1. The van der Waals surface area contributed by atoms with Crippen LogP contribution < -0.4 is 5.32 Å². The highest BCUT2D eigenvalue weighted by molar-refractivity contribution is 9.10. The summed E-state index contributed by atoms with van der Waals surface area (Å²) < 4.78 is 3.21. The summed E-state index contributed by atoms with van der Waals surface area (Å²) >= 11 is 3.58. The highest BCUT2D eigenvalue weighted by Gasteiger charge is 2.20. The van der Waals surface area contributed by atoms with E-state index in [2.05, 4.69) is 55.3 Å². The maximum Gasteiger partial charge on any atom is 0.0674 e. The van der Waals surface area contributed by atoms with E-state index in [1.54, 1.807) is 0 Å². The Hall–Kier alpha value is -1.13. The van der Waals surface area contributed by atoms with Gasteiger partial charge in [0.2, 0.25) is 0 Å². The van der Waals surface area contributed by atoms with Gasteiger partial charge in [0.05, 0.1) is 12.2 Å². The third-order valence-electron chi connectivity index (χ3n) is 3.23. The normalized spacial score (nSPS) is 14.9. The smallest absolute Gasteiger partial charge is 0.0674 e. The Labute approximate surface area is 115 Å². The summed E-state index contributed by atoms with van der Waals surface area (Å²) in [5.74, 6) is 0. The van der Waals surface area contributed by atoms with Gasteiger partial charge in [0.15, 0.2) is 0 Å². The van der Waals surface area contributed by atoms with Crippen molar-refractivity contribution >= 4 is 15.9 Å². The number of hydrogen-bond donors (Lipinski definition) is 1. The molecule has 0 atom stereocenters. The topological polar surface area (TPSA) is 29.9 Å². The van der Waals surface area contributed by atoms with E-state index in [1.807, 2.05) is 12.3 Å². The quantitative estimate of drug-likeness (QED) is 0.920. The van der Waals surface area contributed by atoms with E-state index in [-0.39, 0.29) is 0 Å². The maximum absolute atomic E-state index is 4.41. The number of nitrogens with zero attached hydrogens (tertiary/aromatic N) is 2. The molecule has 0 unspecified atom stereocenters. The van der Waals surface area contributed by atoms with Gasteiger partial charge in [0.1, 0.15) is 0 Å². The van der Waals surface area contributed by atoms with Crippen LogP contribution in [0.5, 0.6) is 0 Å². The highest BCUT2D eigenvalue weighted by Crippen LogP contribution is 2.20. The number of halogens is 1. The Morgan fingerprint density at radius 3 is 2.89 bits per heavy atom. The predicted octanol–water partition coefficient (Wildman–Crippen LogP) is 2.95. The standard InChI is InChI=1S/C14H16BrN3/c15-14-4-2-1-3-11(14)10-18-13(7-8-17-18)9-16-12-5-6-12/h1-4,7-8,12,16H,5-6,9-10H2. The van der Waals surface area contributed by atoms with Gasteiger partial charge in [-0.25, -0.2) is 0 Å². The van der Waals surface area contributed by atoms with Crippen LogP contribution in [0.1, 0.15) is 24.1 Å². The second kappa shape index (κ2) is 5.24. The molecule has 3 rings (SSSR count). The van der Waals surface area contributed by atoms with Gasteiger partial charge in [0, 0.05) is 23.3 Å². The molecule has 0 bridgehead atoms. The Bertz CT molecular complexity index is 531. The third kappa shape index (κ3) is 2.82. The van der Waals surface area contributed by atoms with Gasteiger partial charge in [-0.15, -0.1) is 0 Å². The van der Waals surface area contributed by atoms with E-state index < -0.39 is 0 Å². The van der Waals surface area contributed by atoms with Crippen molar-refractivity contribution in [3.63, 3.8) is 0 Å². The molecule has 2 aromatic rings. The lowest BCUT2D eigenvalue weighted by Gasteiger charge is -2.09. The molecule has 3 nitrogen and oxygen atoms in total. The SMILES string of the molecule is Brc1ccccc1Cn1nccc1CNC1CC1. The van der Waals surface area contributed by atoms with Crippen molar-refractivity contribution in [3.05, 3.63) is 52.3 Å². The molecule has 0 aliphatic heterocycles. The molecule has 0 saturated heterocycles. The van der Waals surface area contributed by atoms with Crippen molar-refractivity contribution < 1.29 is 0 Å². The molecule has 1 aromatic carbocycles. The number of rotatable bonds is 5. The number of nitrogens with one attached hydrogen (secondary N) is 1. The average molecular weight is 306 g/mol. The number of benzene rings is 1. The number of hydrogen-bond acceptors (Lipinski definition) is 2. The minimum Gasteiger partial charge on any atom is -0.308 e. The Balaban J connectivity index is 1.71. The molecular weight excluding hydrogens is 290 g/mol. The van der Waals surface area contributed by atoms with E-state index in [1.165, 1.54) is 24.1 Å². The fourth-order valence-electron chi connectivity index (χ4n) is 1.98. The Morgan fingerprint density at radius 1 is 1.28 bits per heavy atom. The molecule has 18 heavy (non-hydrogen) atoms. The second-order valence-corrected chi connectivity index (χ2v) is 5.58. The van der Waals surface area contributed by atoms with Crippen molar-refractivity contribution in [2.45, 2.75) is 32.0 Å². The molecule has 0 radical (unpaired) electrons. The van der Waals surface area contributed by atoms with Crippen molar-refractivity contribution in [2.24, 2.45) is 0 Å². The summed E-state index contributed by atoms with van der Waals surface area (Å²) in [7, 11) is 0. The summed E-state index contributed by atoms with van der Waals surface area (Å²) in [6.07, 6.45) is 4.51. The van der Waals surface area contributed by atoms with Crippen LogP contribution in [0.15, 0.2) is 41.0 Å². The van der Waals surface area contributed by atoms with E-state index >= 15 is 0 Å². The molecule has 4 heteroatoms. The first-order valence-electron chi connectivity index (χ1n) is 6.30. The first kappa shape index (κ1) is 11.9. The van der Waals surface area contributed by atoms with Crippen LogP contribution in [0.25, 0.3) is 0 Å². The lowest BCUT2D eigenvalue weighted by molar-refractivity contribution is 0.593. The van der Waals surface area contributed by atoms with Crippen LogP contribution in [-0.2, 0) is 13.1 Å². The van der Waals surface area contributed by atoms with E-state index in [4.69, 9.17) is 0 Å². The van der Waals surface area contributed by atoms with Gasteiger partial charge in [-0.3, -0.25) is 4.68 Å². The van der Waals surface area contributed by atoms with Crippen LogP contribution in [0.2, 0.25) is 0 Å². The van der Waals surface area contributed by atoms with Gasteiger partial charge < -0.3 is 5.32 Å². The summed E-state index contributed by atoms with van der Waals surface area (Å²) in [6.45, 7) is 1.73. The zero-order valence-electron chi connectivity index (χ0n) is 10.1. The predicted molar refractivity (Wildman–Crippen MR) is 75.3 cm³/mol. The van der Waals surface area contributed by atoms with Crippen molar-refractivity contribution in [2.75, 3.05) is 0 Å². The minimum atomic E-state index is 0.733. The van der Waals surface area contributed by atoms with Crippen molar-refractivity contribution in [1.29, 1.82) is 0 Å². The van der Waals surface area contributed by atoms with E-state index in [9.17, 15) is 0 Å². The highest BCUT2D eigenvalue weighted by atomic mass is 79.9. The van der Waals surface area contributed by atoms with Gasteiger partial charge in [0.25, 0.3) is 0 Å². The summed E-state index contributed by atoms with van der Waals surface area (Å²) in [5.41, 5.74) is 2.51. The molecule has 1 aromatic heterocycles. The molecule has 1 aliphatic rings. The minimum absolute atomic E-state index is 0.733. The Morgan fingerprint density at radius 2 is 2.11 bits per heavy atom.